The second kappa shape index (κ2) is 7.87. The molecule has 0 spiro atoms. The van der Waals surface area contributed by atoms with Crippen molar-refractivity contribution in [2.75, 3.05) is 0 Å². The number of halogens is 4. The van der Waals surface area contributed by atoms with Gasteiger partial charge in [0.25, 0.3) is 10.1 Å². The van der Waals surface area contributed by atoms with Gasteiger partial charge in [-0.25, -0.2) is 0 Å². The quantitative estimate of drug-likeness (QED) is 0.182. The van der Waals surface area contributed by atoms with Crippen molar-refractivity contribution in [3.8, 4) is 11.5 Å². The highest BCUT2D eigenvalue weighted by Gasteiger charge is 2.53. The Bertz CT molecular complexity index is 1200. The van der Waals surface area contributed by atoms with Crippen LogP contribution in [-0.2, 0) is 14.9 Å². The van der Waals surface area contributed by atoms with Gasteiger partial charge in [0.15, 0.2) is 4.75 Å². The zero-order chi connectivity index (χ0) is 21.6. The predicted molar refractivity (Wildman–Crippen MR) is 114 cm³/mol. The molecule has 0 aromatic heterocycles. The van der Waals surface area contributed by atoms with E-state index in [0.29, 0.717) is 0 Å². The second-order valence-corrected chi connectivity index (χ2v) is 9.14. The maximum Gasteiger partial charge on any atom is 0.283 e. The largest absolute Gasteiger partial charge is 0.508 e. The minimum absolute atomic E-state index is 0.00871. The van der Waals surface area contributed by atoms with Crippen LogP contribution in [0.3, 0.4) is 0 Å². The van der Waals surface area contributed by atoms with Crippen molar-refractivity contribution in [1.29, 1.82) is 0 Å². The van der Waals surface area contributed by atoms with Crippen molar-refractivity contribution in [2.24, 2.45) is 0 Å². The molecule has 3 aromatic carbocycles. The van der Waals surface area contributed by atoms with Crippen molar-refractivity contribution < 1.29 is 23.2 Å². The maximum absolute atomic E-state index is 13.0. The summed E-state index contributed by atoms with van der Waals surface area (Å²) in [5.41, 5.74) is -0.719. The first-order valence-corrected chi connectivity index (χ1v) is 10.9. The van der Waals surface area contributed by atoms with E-state index in [9.17, 15) is 23.2 Å². The molecule has 152 valence electrons. The lowest BCUT2D eigenvalue weighted by molar-refractivity contribution is 0.434. The van der Waals surface area contributed by atoms with Gasteiger partial charge >= 0.3 is 0 Å². The van der Waals surface area contributed by atoms with Gasteiger partial charge in [-0.15, -0.1) is 0 Å². The Labute approximate surface area is 186 Å². The summed E-state index contributed by atoms with van der Waals surface area (Å²) < 4.78 is 33.9. The van der Waals surface area contributed by atoms with E-state index in [4.69, 9.17) is 46.4 Å². The van der Waals surface area contributed by atoms with Gasteiger partial charge in [-0.3, -0.25) is 4.55 Å². The molecule has 0 radical (unpaired) electrons. The van der Waals surface area contributed by atoms with Crippen LogP contribution in [0.2, 0.25) is 20.1 Å². The van der Waals surface area contributed by atoms with Crippen molar-refractivity contribution in [2.45, 2.75) is 4.75 Å². The van der Waals surface area contributed by atoms with E-state index in [1.165, 1.54) is 36.4 Å². The molecule has 1 unspecified atom stereocenters. The topological polar surface area (TPSA) is 94.8 Å². The van der Waals surface area contributed by atoms with E-state index < -0.39 is 37.0 Å². The lowest BCUT2D eigenvalue weighted by atomic mass is 9.83. The molecule has 0 bridgehead atoms. The van der Waals surface area contributed by atoms with E-state index in [-0.39, 0.29) is 26.2 Å². The Morgan fingerprint density at radius 3 is 1.90 bits per heavy atom. The number of phenolic OH excluding ortho intramolecular Hbond substituents is 2. The summed E-state index contributed by atoms with van der Waals surface area (Å²) in [5, 5.41) is 19.8. The summed E-state index contributed by atoms with van der Waals surface area (Å²) in [7, 11) is -5.14. The van der Waals surface area contributed by atoms with Crippen LogP contribution < -0.4 is 0 Å². The molecule has 0 saturated heterocycles. The molecule has 3 rings (SSSR count). The van der Waals surface area contributed by atoms with Gasteiger partial charge in [-0.1, -0.05) is 82.8 Å². The van der Waals surface area contributed by atoms with Crippen LogP contribution in [0.25, 0.3) is 0 Å². The molecule has 3 N–H and O–H groups in total. The van der Waals surface area contributed by atoms with Gasteiger partial charge in [0, 0.05) is 11.1 Å². The zero-order valence-corrected chi connectivity index (χ0v) is 18.1. The van der Waals surface area contributed by atoms with Gasteiger partial charge in [-0.05, 0) is 23.8 Å². The zero-order valence-electron chi connectivity index (χ0n) is 14.3. The maximum atomic E-state index is 13.0. The van der Waals surface area contributed by atoms with Gasteiger partial charge in [0.05, 0.1) is 20.1 Å². The number of phenols is 2. The Kier molecular flexibility index (Phi) is 5.98. The lowest BCUT2D eigenvalue weighted by Crippen LogP contribution is -2.39. The average Bonchev–Trinajstić information content (AvgIpc) is 2.67. The molecule has 0 aliphatic carbocycles. The minimum atomic E-state index is -5.14. The van der Waals surface area contributed by atoms with E-state index >= 15 is 0 Å². The normalized spacial score (nSPS) is 13.8. The van der Waals surface area contributed by atoms with E-state index in [2.05, 4.69) is 0 Å². The van der Waals surface area contributed by atoms with Gasteiger partial charge in [0.1, 0.15) is 11.5 Å². The van der Waals surface area contributed by atoms with E-state index in [0.717, 1.165) is 12.1 Å². The molecule has 0 amide bonds. The van der Waals surface area contributed by atoms with Crippen molar-refractivity contribution in [3.63, 3.8) is 0 Å². The molecular formula is C19H12Cl4O5S. The number of rotatable bonds is 4. The third kappa shape index (κ3) is 3.44. The first kappa shape index (κ1) is 22.0. The summed E-state index contributed by atoms with van der Waals surface area (Å²) in [5.74, 6) is -1.11. The van der Waals surface area contributed by atoms with Crippen LogP contribution in [0, 0.1) is 0 Å². The Hall–Kier alpha value is -1.67. The number of hydrogen-bond donors (Lipinski definition) is 3. The minimum Gasteiger partial charge on any atom is -0.508 e. The first-order chi connectivity index (χ1) is 13.5. The third-order valence-corrected chi connectivity index (χ3v) is 7.54. The van der Waals surface area contributed by atoms with Crippen LogP contribution in [0.1, 0.15) is 16.7 Å². The van der Waals surface area contributed by atoms with Gasteiger partial charge in [-0.2, -0.15) is 8.42 Å². The van der Waals surface area contributed by atoms with Crippen LogP contribution in [0.5, 0.6) is 11.5 Å². The van der Waals surface area contributed by atoms with Crippen LogP contribution in [-0.4, -0.2) is 23.2 Å². The van der Waals surface area contributed by atoms with Crippen LogP contribution in [0.15, 0.2) is 54.6 Å². The SMILES string of the molecule is O=S(=O)(O)C(c1ccccc1)(c1ccc(Cl)c(Cl)c1Cl)c1c(O)ccc(O)c1Cl. The number of benzene rings is 3. The summed E-state index contributed by atoms with van der Waals surface area (Å²) in [6.07, 6.45) is 0. The highest BCUT2D eigenvalue weighted by atomic mass is 35.5. The third-order valence-electron chi connectivity index (χ3n) is 4.43. The summed E-state index contributed by atoms with van der Waals surface area (Å²) >= 11 is 24.7. The van der Waals surface area contributed by atoms with Crippen molar-refractivity contribution >= 4 is 56.5 Å². The summed E-state index contributed by atoms with van der Waals surface area (Å²) in [6, 6.07) is 12.1. The average molecular weight is 494 g/mol. The molecule has 0 aliphatic rings. The highest BCUT2D eigenvalue weighted by molar-refractivity contribution is 7.87. The molecule has 1 atom stereocenters. The standard InChI is InChI=1S/C19H12Cl4O5S/c20-12-7-6-11(16(21)17(12)22)19(29(26,27)28,10-4-2-1-3-5-10)15-13(24)8-9-14(25)18(15)23/h1-9,24-25H,(H,26,27,28). The summed E-state index contributed by atoms with van der Waals surface area (Å²) in [4.78, 5) is 0. The number of aromatic hydroxyl groups is 2. The molecule has 10 heteroatoms. The Morgan fingerprint density at radius 2 is 1.31 bits per heavy atom. The fourth-order valence-electron chi connectivity index (χ4n) is 3.21. The molecule has 0 fully saturated rings. The molecule has 0 saturated carbocycles. The fourth-order valence-corrected chi connectivity index (χ4v) is 5.65. The van der Waals surface area contributed by atoms with Crippen LogP contribution in [0.4, 0.5) is 0 Å². The van der Waals surface area contributed by atoms with Crippen LogP contribution >= 0.6 is 46.4 Å². The first-order valence-electron chi connectivity index (χ1n) is 7.91. The van der Waals surface area contributed by atoms with Gasteiger partial charge in [0.2, 0.25) is 0 Å². The molecular weight excluding hydrogens is 482 g/mol. The fraction of sp³-hybridized carbons (Fsp3) is 0.0526. The number of hydrogen-bond acceptors (Lipinski definition) is 4. The predicted octanol–water partition coefficient (Wildman–Crippen LogP) is 5.89. The van der Waals surface area contributed by atoms with E-state index in [1.807, 2.05) is 0 Å². The molecule has 29 heavy (non-hydrogen) atoms. The molecule has 0 heterocycles. The molecule has 0 aliphatic heterocycles. The summed E-state index contributed by atoms with van der Waals surface area (Å²) in [6.45, 7) is 0. The Morgan fingerprint density at radius 1 is 0.724 bits per heavy atom. The Balaban J connectivity index is 2.67. The van der Waals surface area contributed by atoms with E-state index in [1.54, 1.807) is 6.07 Å². The lowest BCUT2D eigenvalue weighted by Gasteiger charge is -2.34. The van der Waals surface area contributed by atoms with Crippen molar-refractivity contribution in [1.82, 2.24) is 0 Å². The molecule has 3 aromatic rings. The monoisotopic (exact) mass is 492 g/mol. The second-order valence-electron chi connectivity index (χ2n) is 6.04. The van der Waals surface area contributed by atoms with Crippen molar-refractivity contribution in [3.05, 3.63) is 91.4 Å². The molecule has 5 nitrogen and oxygen atoms in total. The highest BCUT2D eigenvalue weighted by Crippen LogP contribution is 2.54. The van der Waals surface area contributed by atoms with Gasteiger partial charge < -0.3 is 10.2 Å². The smallest absolute Gasteiger partial charge is 0.283 e.